The number of fused-ring (bicyclic) bond motifs is 1. The van der Waals surface area contributed by atoms with Crippen LogP contribution in [0.15, 0.2) is 30.6 Å². The highest BCUT2D eigenvalue weighted by Crippen LogP contribution is 2.30. The van der Waals surface area contributed by atoms with Gasteiger partial charge in [-0.15, -0.1) is 0 Å². The topological polar surface area (TPSA) is 144 Å². The van der Waals surface area contributed by atoms with Crippen LogP contribution in [0.2, 0.25) is 0 Å². The zero-order chi connectivity index (χ0) is 25.9. The van der Waals surface area contributed by atoms with Crippen LogP contribution in [0.25, 0.3) is 11.0 Å². The fourth-order valence-electron chi connectivity index (χ4n) is 5.23. The number of nitrogens with two attached hydrogens (primary N) is 2. The molecule has 1 saturated heterocycles. The van der Waals surface area contributed by atoms with Gasteiger partial charge in [-0.2, -0.15) is 0 Å². The first kappa shape index (κ1) is 24.9. The highest BCUT2D eigenvalue weighted by molar-refractivity contribution is 6.00. The monoisotopic (exact) mass is 508 g/mol. The molecule has 3 aromatic heterocycles. The van der Waals surface area contributed by atoms with Gasteiger partial charge < -0.3 is 31.6 Å². The summed E-state index contributed by atoms with van der Waals surface area (Å²) in [5.41, 5.74) is 12.9. The number of anilines is 3. The number of amides is 2. The molecule has 2 atom stereocenters. The van der Waals surface area contributed by atoms with Crippen LogP contribution in [0.5, 0.6) is 0 Å². The Hall–Kier alpha value is -3.73. The van der Waals surface area contributed by atoms with Crippen molar-refractivity contribution in [3.63, 3.8) is 0 Å². The number of carbonyl (C=O) groups is 2. The maximum atomic E-state index is 14.9. The molecular formula is C26H33FN8O2. The Bertz CT molecular complexity index is 1300. The summed E-state index contributed by atoms with van der Waals surface area (Å²) < 4.78 is 16.7. The molecule has 1 aliphatic heterocycles. The smallest absolute Gasteiger partial charge is 0.252 e. The summed E-state index contributed by atoms with van der Waals surface area (Å²) in [4.78, 5) is 35.7. The molecule has 2 amide bonds. The average molecular weight is 509 g/mol. The van der Waals surface area contributed by atoms with E-state index in [2.05, 4.69) is 20.6 Å². The van der Waals surface area contributed by atoms with Gasteiger partial charge in [0.1, 0.15) is 18.0 Å². The summed E-state index contributed by atoms with van der Waals surface area (Å²) in [6, 6.07) is 4.47. The molecular weight excluding hydrogens is 475 g/mol. The number of nitrogens with one attached hydrogen (secondary N) is 2. The fourth-order valence-corrected chi connectivity index (χ4v) is 5.23. The second-order valence-electron chi connectivity index (χ2n) is 9.88. The number of pyridine rings is 2. The molecule has 4 heterocycles. The summed E-state index contributed by atoms with van der Waals surface area (Å²) in [6.07, 6.45) is 10.4. The van der Waals surface area contributed by atoms with E-state index in [9.17, 15) is 14.0 Å². The van der Waals surface area contributed by atoms with Gasteiger partial charge in [-0.05, 0) is 50.3 Å². The highest BCUT2D eigenvalue weighted by Gasteiger charge is 2.25. The molecule has 11 heteroatoms. The normalized spacial score (nSPS) is 20.1. The first-order chi connectivity index (χ1) is 17.9. The van der Waals surface area contributed by atoms with E-state index in [-0.39, 0.29) is 41.7 Å². The molecule has 10 nitrogen and oxygen atoms in total. The van der Waals surface area contributed by atoms with Gasteiger partial charge in [0, 0.05) is 43.0 Å². The largest absolute Gasteiger partial charge is 0.365 e. The van der Waals surface area contributed by atoms with E-state index in [0.717, 1.165) is 69.5 Å². The molecule has 1 aliphatic carbocycles. The highest BCUT2D eigenvalue weighted by atomic mass is 19.1. The Morgan fingerprint density at radius 3 is 2.62 bits per heavy atom. The van der Waals surface area contributed by atoms with E-state index in [0.29, 0.717) is 11.3 Å². The van der Waals surface area contributed by atoms with Gasteiger partial charge in [0.25, 0.3) is 5.91 Å². The minimum Gasteiger partial charge on any atom is -0.365 e. The van der Waals surface area contributed by atoms with Crippen molar-refractivity contribution >= 4 is 40.2 Å². The van der Waals surface area contributed by atoms with Gasteiger partial charge in [-0.25, -0.2) is 14.4 Å². The summed E-state index contributed by atoms with van der Waals surface area (Å²) in [5, 5.41) is 7.00. The molecule has 1 saturated carbocycles. The Kier molecular flexibility index (Phi) is 7.22. The third-order valence-electron chi connectivity index (χ3n) is 7.31. The Morgan fingerprint density at radius 1 is 1.08 bits per heavy atom. The molecule has 0 aromatic carbocycles. The zero-order valence-electron chi connectivity index (χ0n) is 20.8. The molecule has 196 valence electrons. The molecule has 1 unspecified atom stereocenters. The lowest BCUT2D eigenvalue weighted by atomic mass is 9.91. The Balaban J connectivity index is 1.42. The minimum atomic E-state index is -0.801. The number of hydrogen-bond acceptors (Lipinski definition) is 7. The number of aromatic nitrogens is 3. The predicted octanol–water partition coefficient (Wildman–Crippen LogP) is 3.11. The number of likely N-dealkylation sites (tertiary alicyclic amines) is 1. The Morgan fingerprint density at radius 2 is 1.86 bits per heavy atom. The second kappa shape index (κ2) is 10.7. The molecule has 0 bridgehead atoms. The lowest BCUT2D eigenvalue weighted by Crippen LogP contribution is -2.43. The molecule has 2 fully saturated rings. The van der Waals surface area contributed by atoms with Crippen LogP contribution in [-0.2, 0) is 11.3 Å². The number of halogens is 1. The third kappa shape index (κ3) is 5.36. The van der Waals surface area contributed by atoms with Gasteiger partial charge in [-0.3, -0.25) is 9.59 Å². The van der Waals surface area contributed by atoms with Crippen LogP contribution in [0.1, 0.15) is 55.3 Å². The van der Waals surface area contributed by atoms with Crippen LogP contribution in [0.3, 0.4) is 0 Å². The van der Waals surface area contributed by atoms with Crippen molar-refractivity contribution in [2.75, 3.05) is 23.7 Å². The maximum absolute atomic E-state index is 14.9. The predicted molar refractivity (Wildman–Crippen MR) is 140 cm³/mol. The van der Waals surface area contributed by atoms with Crippen LogP contribution >= 0.6 is 0 Å². The third-order valence-corrected chi connectivity index (χ3v) is 7.31. The molecule has 2 aliphatic rings. The van der Waals surface area contributed by atoms with Crippen molar-refractivity contribution in [3.05, 3.63) is 42.0 Å². The average Bonchev–Trinajstić information content (AvgIpc) is 3.31. The molecule has 0 radical (unpaired) electrons. The van der Waals surface area contributed by atoms with Crippen LogP contribution in [0, 0.1) is 5.82 Å². The molecule has 0 spiro atoms. The van der Waals surface area contributed by atoms with Crippen molar-refractivity contribution in [1.82, 2.24) is 19.4 Å². The number of primary amides is 1. The summed E-state index contributed by atoms with van der Waals surface area (Å²) in [6.45, 7) is 1.76. The van der Waals surface area contributed by atoms with Crippen molar-refractivity contribution in [2.45, 2.75) is 63.6 Å². The number of nitrogens with zero attached hydrogens (tertiary/aromatic N) is 4. The maximum Gasteiger partial charge on any atom is 0.252 e. The first-order valence-electron chi connectivity index (χ1n) is 12.9. The van der Waals surface area contributed by atoms with Crippen molar-refractivity contribution in [1.29, 1.82) is 0 Å². The zero-order valence-corrected chi connectivity index (χ0v) is 20.8. The minimum absolute atomic E-state index is 0.0184. The van der Waals surface area contributed by atoms with E-state index in [1.807, 2.05) is 21.7 Å². The molecule has 5 rings (SSSR count). The summed E-state index contributed by atoms with van der Waals surface area (Å²) in [7, 11) is 0. The van der Waals surface area contributed by atoms with E-state index in [4.69, 9.17) is 11.5 Å². The van der Waals surface area contributed by atoms with Crippen molar-refractivity contribution < 1.29 is 14.0 Å². The van der Waals surface area contributed by atoms with Crippen LogP contribution in [0.4, 0.5) is 21.7 Å². The first-order valence-corrected chi connectivity index (χ1v) is 12.9. The van der Waals surface area contributed by atoms with Gasteiger partial charge in [0.2, 0.25) is 5.91 Å². The van der Waals surface area contributed by atoms with Crippen molar-refractivity contribution in [2.24, 2.45) is 11.5 Å². The fraction of sp³-hybridized carbons (Fsp3) is 0.462. The molecule has 6 N–H and O–H groups in total. The number of rotatable bonds is 7. The molecule has 37 heavy (non-hydrogen) atoms. The van der Waals surface area contributed by atoms with E-state index in [1.54, 1.807) is 12.3 Å². The van der Waals surface area contributed by atoms with Crippen LogP contribution < -0.4 is 22.1 Å². The van der Waals surface area contributed by atoms with Crippen LogP contribution in [-0.4, -0.2) is 56.4 Å². The quantitative estimate of drug-likeness (QED) is 0.384. The van der Waals surface area contributed by atoms with Gasteiger partial charge >= 0.3 is 0 Å². The van der Waals surface area contributed by atoms with Gasteiger partial charge in [0.05, 0.1) is 11.3 Å². The SMILES string of the molecule is NC(=O)c1cc(F)c(NC2CCCC[C@@H]2N)nc1Nc1ccnc2c1ccn2CC(=O)N1CCCCC1. The van der Waals surface area contributed by atoms with E-state index in [1.165, 1.54) is 0 Å². The lowest BCUT2D eigenvalue weighted by Gasteiger charge is -2.30. The number of hydrogen-bond donors (Lipinski definition) is 4. The van der Waals surface area contributed by atoms with E-state index >= 15 is 0 Å². The summed E-state index contributed by atoms with van der Waals surface area (Å²) >= 11 is 0. The van der Waals surface area contributed by atoms with Gasteiger partial charge in [0.15, 0.2) is 11.6 Å². The standard InChI is InChI=1S/C26H33FN8O2/c27-18-14-17(23(29)37)24(33-25(18)32-21-7-3-2-6-19(21)28)31-20-8-10-30-26-16(20)9-13-35(26)15-22(36)34-11-4-1-5-12-34/h8-10,13-14,19,21H,1-7,11-12,15,28H2,(H2,29,37)(H2,30,31,32,33)/t19-,21?/m0/s1. The number of piperidine rings is 1. The lowest BCUT2D eigenvalue weighted by molar-refractivity contribution is -0.132. The summed E-state index contributed by atoms with van der Waals surface area (Å²) in [5.74, 6) is -1.26. The molecule has 3 aromatic rings. The van der Waals surface area contributed by atoms with Gasteiger partial charge in [-0.1, -0.05) is 12.8 Å². The van der Waals surface area contributed by atoms with E-state index < -0.39 is 11.7 Å². The number of carbonyl (C=O) groups excluding carboxylic acids is 2. The Labute approximate surface area is 214 Å². The second-order valence-corrected chi connectivity index (χ2v) is 9.88. The van der Waals surface area contributed by atoms with Crippen molar-refractivity contribution in [3.8, 4) is 0 Å².